The summed E-state index contributed by atoms with van der Waals surface area (Å²) in [4.78, 5) is 13.8. The van der Waals surface area contributed by atoms with Gasteiger partial charge >= 0.3 is 0 Å². The molecule has 0 aliphatic heterocycles. The summed E-state index contributed by atoms with van der Waals surface area (Å²) < 4.78 is 14.3. The molecule has 32 heavy (non-hydrogen) atoms. The lowest BCUT2D eigenvalue weighted by atomic mass is 9.95. The topological polar surface area (TPSA) is 34.1 Å². The number of hydrogen-bond acceptors (Lipinski definition) is 2. The first kappa shape index (κ1) is 26.6. The Morgan fingerprint density at radius 3 is 1.81 bits per heavy atom. The first-order valence-corrected chi connectivity index (χ1v) is 14.5. The lowest BCUT2D eigenvalue weighted by Gasteiger charge is -2.21. The summed E-state index contributed by atoms with van der Waals surface area (Å²) in [6, 6.07) is 11.5. The summed E-state index contributed by atoms with van der Waals surface area (Å²) >= 11 is 0. The van der Waals surface area contributed by atoms with E-state index in [4.69, 9.17) is 0 Å². The highest BCUT2D eigenvalue weighted by atomic mass is 31.2. The smallest absolute Gasteiger partial charge is 0.226 e. The fourth-order valence-corrected chi connectivity index (χ4v) is 7.36. The maximum absolute atomic E-state index is 14.3. The molecule has 1 atom stereocenters. The quantitative estimate of drug-likeness (QED) is 0.211. The summed E-state index contributed by atoms with van der Waals surface area (Å²) in [5.41, 5.74) is 4.74. The second-order valence-electron chi connectivity index (χ2n) is 9.42. The average molecular weight is 455 g/mol. The molecule has 0 spiro atoms. The minimum absolute atomic E-state index is 0.155. The van der Waals surface area contributed by atoms with Crippen molar-refractivity contribution >= 4 is 18.0 Å². The van der Waals surface area contributed by atoms with Gasteiger partial charge in [-0.3, -0.25) is 4.79 Å². The Morgan fingerprint density at radius 1 is 0.719 bits per heavy atom. The van der Waals surface area contributed by atoms with E-state index in [1.165, 1.54) is 56.9 Å². The van der Waals surface area contributed by atoms with E-state index in [1.807, 2.05) is 44.2 Å². The normalized spacial score (nSPS) is 13.2. The van der Waals surface area contributed by atoms with E-state index < -0.39 is 7.14 Å². The Labute approximate surface area is 196 Å². The van der Waals surface area contributed by atoms with Crippen LogP contribution in [0, 0.1) is 27.7 Å². The zero-order valence-electron chi connectivity index (χ0n) is 21.0. The largest absolute Gasteiger partial charge is 0.310 e. The second-order valence-corrected chi connectivity index (χ2v) is 12.3. The maximum atomic E-state index is 14.3. The van der Waals surface area contributed by atoms with Crippen molar-refractivity contribution in [3.05, 3.63) is 64.2 Å². The predicted octanol–water partition coefficient (Wildman–Crippen LogP) is 8.67. The molecule has 0 aliphatic carbocycles. The molecule has 0 radical (unpaired) electrons. The van der Waals surface area contributed by atoms with Crippen LogP contribution in [0.1, 0.15) is 104 Å². The van der Waals surface area contributed by atoms with Gasteiger partial charge in [0.05, 0.1) is 0 Å². The van der Waals surface area contributed by atoms with Crippen molar-refractivity contribution in [1.82, 2.24) is 0 Å². The fourth-order valence-electron chi connectivity index (χ4n) is 4.63. The van der Waals surface area contributed by atoms with E-state index in [9.17, 15) is 9.36 Å². The van der Waals surface area contributed by atoms with Crippen LogP contribution in [0.4, 0.5) is 0 Å². The van der Waals surface area contributed by atoms with Gasteiger partial charge in [-0.25, -0.2) is 0 Å². The molecule has 0 N–H and O–H groups in total. The van der Waals surface area contributed by atoms with Gasteiger partial charge in [0.2, 0.25) is 5.52 Å². The van der Waals surface area contributed by atoms with E-state index >= 15 is 0 Å². The highest BCUT2D eigenvalue weighted by molar-refractivity contribution is 7.87. The summed E-state index contributed by atoms with van der Waals surface area (Å²) in [7, 11) is -3.19. The molecule has 0 saturated carbocycles. The van der Waals surface area contributed by atoms with Crippen molar-refractivity contribution in [1.29, 1.82) is 0 Å². The van der Waals surface area contributed by atoms with Gasteiger partial charge in [-0.15, -0.1) is 0 Å². The number of rotatable bonds is 14. The molecule has 2 aromatic carbocycles. The summed E-state index contributed by atoms with van der Waals surface area (Å²) in [6.07, 6.45) is 12.7. The van der Waals surface area contributed by atoms with Gasteiger partial charge < -0.3 is 4.57 Å². The van der Waals surface area contributed by atoms with Crippen molar-refractivity contribution in [2.24, 2.45) is 0 Å². The molecule has 176 valence electrons. The van der Waals surface area contributed by atoms with Gasteiger partial charge in [0.1, 0.15) is 0 Å². The molecule has 2 aromatic rings. The van der Waals surface area contributed by atoms with Gasteiger partial charge in [0, 0.05) is 17.0 Å². The van der Waals surface area contributed by atoms with Crippen molar-refractivity contribution in [2.45, 2.75) is 98.8 Å². The molecule has 0 bridgehead atoms. The number of unbranched alkanes of at least 4 members (excludes halogenated alkanes) is 9. The third-order valence-electron chi connectivity index (χ3n) is 6.90. The summed E-state index contributed by atoms with van der Waals surface area (Å²) in [5.74, 6) is 0. The lowest BCUT2D eigenvalue weighted by molar-refractivity contribution is 0.107. The summed E-state index contributed by atoms with van der Waals surface area (Å²) in [5, 5.41) is 0.706. The minimum Gasteiger partial charge on any atom is -0.310 e. The molecule has 2 rings (SSSR count). The first-order chi connectivity index (χ1) is 15.3. The van der Waals surface area contributed by atoms with Crippen LogP contribution in [0.3, 0.4) is 0 Å². The van der Waals surface area contributed by atoms with Crippen LogP contribution in [0.25, 0.3) is 0 Å². The number of aryl methyl sites for hydroxylation is 2. The fraction of sp³-hybridized carbons (Fsp3) is 0.552. The monoisotopic (exact) mass is 454 g/mol. The number of carbonyl (C=O) groups excluding carboxylic acids is 1. The maximum Gasteiger partial charge on any atom is 0.226 e. The molecule has 0 aliphatic rings. The standard InChI is InChI=1S/C29H43O2P/c1-6-7-8-9-10-11-12-13-14-18-21-32(31,27-19-16-15-17-20-27)29(30)28-24(3)22-23(2)25(4)26(28)5/h15-17,19-20,22H,6-14,18,21H2,1-5H3. The number of benzene rings is 2. The van der Waals surface area contributed by atoms with Crippen molar-refractivity contribution in [3.8, 4) is 0 Å². The van der Waals surface area contributed by atoms with Gasteiger partial charge in [-0.1, -0.05) is 101 Å². The average Bonchev–Trinajstić information content (AvgIpc) is 2.79. The Kier molecular flexibility index (Phi) is 10.9. The molecule has 0 saturated heterocycles. The van der Waals surface area contributed by atoms with Crippen molar-refractivity contribution in [3.63, 3.8) is 0 Å². The molecule has 0 aromatic heterocycles. The third-order valence-corrected chi connectivity index (χ3v) is 9.86. The molecule has 0 heterocycles. The SMILES string of the molecule is CCCCCCCCCCCCP(=O)(C(=O)c1c(C)cc(C)c(C)c1C)c1ccccc1. The predicted molar refractivity (Wildman–Crippen MR) is 140 cm³/mol. The van der Waals surface area contributed by atoms with Gasteiger partial charge in [-0.2, -0.15) is 0 Å². The molecule has 3 heteroatoms. The Hall–Kier alpha value is -1.66. The first-order valence-electron chi connectivity index (χ1n) is 12.6. The number of carbonyl (C=O) groups is 1. The van der Waals surface area contributed by atoms with Gasteiger partial charge in [-0.05, 0) is 56.4 Å². The van der Waals surface area contributed by atoms with E-state index in [2.05, 4.69) is 26.8 Å². The van der Waals surface area contributed by atoms with E-state index in [1.54, 1.807) is 0 Å². The van der Waals surface area contributed by atoms with E-state index in [0.29, 0.717) is 17.0 Å². The van der Waals surface area contributed by atoms with Crippen LogP contribution < -0.4 is 5.30 Å². The minimum atomic E-state index is -3.19. The van der Waals surface area contributed by atoms with Crippen LogP contribution in [0.2, 0.25) is 0 Å². The zero-order chi connectivity index (χ0) is 23.6. The van der Waals surface area contributed by atoms with Crippen molar-refractivity contribution in [2.75, 3.05) is 6.16 Å². The highest BCUT2D eigenvalue weighted by Gasteiger charge is 2.35. The molecular weight excluding hydrogens is 411 g/mol. The second kappa shape index (κ2) is 13.1. The number of hydrogen-bond donors (Lipinski definition) is 0. The van der Waals surface area contributed by atoms with Crippen LogP contribution in [0.15, 0.2) is 36.4 Å². The van der Waals surface area contributed by atoms with Crippen molar-refractivity contribution < 1.29 is 9.36 Å². The van der Waals surface area contributed by atoms with Gasteiger partial charge in [0.15, 0.2) is 7.14 Å². The Morgan fingerprint density at radius 2 is 1.25 bits per heavy atom. The molecule has 0 amide bonds. The van der Waals surface area contributed by atoms with E-state index in [0.717, 1.165) is 29.5 Å². The lowest BCUT2D eigenvalue weighted by Crippen LogP contribution is -2.18. The molecular formula is C29H43O2P. The summed E-state index contributed by atoms with van der Waals surface area (Å²) in [6.45, 7) is 10.4. The molecule has 0 fully saturated rings. The van der Waals surface area contributed by atoms with Crippen LogP contribution in [-0.2, 0) is 4.57 Å². The van der Waals surface area contributed by atoms with E-state index in [-0.39, 0.29) is 5.52 Å². The van der Waals surface area contributed by atoms with Gasteiger partial charge in [0.25, 0.3) is 0 Å². The molecule has 2 nitrogen and oxygen atoms in total. The Bertz CT molecular complexity index is 914. The van der Waals surface area contributed by atoms with Crippen LogP contribution in [0.5, 0.6) is 0 Å². The Balaban J connectivity index is 2.08. The van der Waals surface area contributed by atoms with Crippen LogP contribution >= 0.6 is 7.14 Å². The molecule has 1 unspecified atom stereocenters. The van der Waals surface area contributed by atoms with Crippen LogP contribution in [-0.4, -0.2) is 11.7 Å². The highest BCUT2D eigenvalue weighted by Crippen LogP contribution is 2.50. The zero-order valence-corrected chi connectivity index (χ0v) is 21.9. The third kappa shape index (κ3) is 6.92.